The van der Waals surface area contributed by atoms with Crippen molar-refractivity contribution in [3.63, 3.8) is 0 Å². The van der Waals surface area contributed by atoms with E-state index in [4.69, 9.17) is 9.47 Å². The first kappa shape index (κ1) is 14.4. The van der Waals surface area contributed by atoms with Crippen LogP contribution in [0, 0.1) is 11.6 Å². The molecule has 1 aliphatic heterocycles. The maximum absolute atomic E-state index is 12.9. The van der Waals surface area contributed by atoms with E-state index >= 15 is 0 Å². The summed E-state index contributed by atoms with van der Waals surface area (Å²) in [6.45, 7) is -0.00148. The maximum atomic E-state index is 12.9. The molecule has 1 aliphatic rings. The van der Waals surface area contributed by atoms with Gasteiger partial charge in [0.25, 0.3) is 5.91 Å². The van der Waals surface area contributed by atoms with Gasteiger partial charge in [0.2, 0.25) is 0 Å². The highest BCUT2D eigenvalue weighted by molar-refractivity contribution is 5.93. The molecule has 1 saturated heterocycles. The molecule has 5 nitrogen and oxygen atoms in total. The molecule has 108 valence electrons. The number of ether oxygens (including phenoxy) is 2. The van der Waals surface area contributed by atoms with Gasteiger partial charge < -0.3 is 14.8 Å². The Hall–Kier alpha value is -2.02. The van der Waals surface area contributed by atoms with Crippen molar-refractivity contribution in [2.75, 3.05) is 18.5 Å². The van der Waals surface area contributed by atoms with E-state index < -0.39 is 36.2 Å². The van der Waals surface area contributed by atoms with Crippen molar-refractivity contribution in [1.82, 2.24) is 0 Å². The molecule has 0 aliphatic carbocycles. The van der Waals surface area contributed by atoms with E-state index in [1.54, 1.807) is 0 Å². The summed E-state index contributed by atoms with van der Waals surface area (Å²) in [5.41, 5.74) is 0.0852. The fourth-order valence-electron chi connectivity index (χ4n) is 1.76. The fraction of sp³-hybridized carbons (Fsp3) is 0.385. The van der Waals surface area contributed by atoms with Gasteiger partial charge >= 0.3 is 5.97 Å². The Morgan fingerprint density at radius 1 is 1.35 bits per heavy atom. The molecule has 1 fully saturated rings. The lowest BCUT2D eigenvalue weighted by molar-refractivity contribution is -0.156. The summed E-state index contributed by atoms with van der Waals surface area (Å²) in [7, 11) is 0. The number of halogens is 2. The topological polar surface area (TPSA) is 64.6 Å². The molecule has 0 radical (unpaired) electrons. The zero-order valence-electron chi connectivity index (χ0n) is 10.5. The summed E-state index contributed by atoms with van der Waals surface area (Å²) in [5.74, 6) is -3.31. The van der Waals surface area contributed by atoms with Crippen LogP contribution in [0.3, 0.4) is 0 Å². The lowest BCUT2D eigenvalue weighted by atomic mass is 10.2. The Morgan fingerprint density at radius 3 is 2.80 bits per heavy atom. The lowest BCUT2D eigenvalue weighted by Gasteiger charge is -2.10. The smallest absolute Gasteiger partial charge is 0.335 e. The minimum Gasteiger partial charge on any atom is -0.454 e. The number of anilines is 1. The van der Waals surface area contributed by atoms with Gasteiger partial charge in [-0.25, -0.2) is 13.6 Å². The Kier molecular flexibility index (Phi) is 4.62. The van der Waals surface area contributed by atoms with E-state index in [2.05, 4.69) is 5.32 Å². The first-order valence-corrected chi connectivity index (χ1v) is 6.09. The van der Waals surface area contributed by atoms with Gasteiger partial charge in [-0.05, 0) is 25.0 Å². The molecule has 1 aromatic carbocycles. The molecule has 0 spiro atoms. The van der Waals surface area contributed by atoms with Crippen LogP contribution in [-0.4, -0.2) is 31.2 Å². The van der Waals surface area contributed by atoms with Crippen LogP contribution in [0.2, 0.25) is 0 Å². The van der Waals surface area contributed by atoms with Crippen molar-refractivity contribution in [1.29, 1.82) is 0 Å². The quantitative estimate of drug-likeness (QED) is 0.854. The lowest BCUT2D eigenvalue weighted by Crippen LogP contribution is -2.27. The molecule has 1 aromatic rings. The number of hydrogen-bond acceptors (Lipinski definition) is 4. The third-order valence-electron chi connectivity index (χ3n) is 2.74. The van der Waals surface area contributed by atoms with Crippen LogP contribution in [-0.2, 0) is 19.1 Å². The number of nitrogens with one attached hydrogen (secondary N) is 1. The van der Waals surface area contributed by atoms with Gasteiger partial charge in [-0.15, -0.1) is 0 Å². The predicted octanol–water partition coefficient (Wildman–Crippen LogP) is 1.63. The Balaban J connectivity index is 1.80. The number of carbonyl (C=O) groups excluding carboxylic acids is 2. The third kappa shape index (κ3) is 3.74. The largest absolute Gasteiger partial charge is 0.454 e. The van der Waals surface area contributed by atoms with Gasteiger partial charge in [0.15, 0.2) is 24.3 Å². The zero-order chi connectivity index (χ0) is 14.5. The second-order valence-corrected chi connectivity index (χ2v) is 4.29. The summed E-state index contributed by atoms with van der Waals surface area (Å²) in [4.78, 5) is 22.9. The molecule has 7 heteroatoms. The summed E-state index contributed by atoms with van der Waals surface area (Å²) >= 11 is 0. The minimum absolute atomic E-state index is 0.0852. The van der Waals surface area contributed by atoms with Gasteiger partial charge in [0.1, 0.15) is 0 Å². The molecule has 0 saturated carbocycles. The molecular weight excluding hydrogens is 272 g/mol. The van der Waals surface area contributed by atoms with Crippen LogP contribution in [0.15, 0.2) is 18.2 Å². The first-order valence-electron chi connectivity index (χ1n) is 6.09. The second kappa shape index (κ2) is 6.42. The summed E-state index contributed by atoms with van der Waals surface area (Å²) < 4.78 is 35.5. The van der Waals surface area contributed by atoms with E-state index in [1.807, 2.05) is 0 Å². The highest BCUT2D eigenvalue weighted by atomic mass is 19.2. The van der Waals surface area contributed by atoms with Crippen LogP contribution < -0.4 is 5.32 Å². The highest BCUT2D eigenvalue weighted by Crippen LogP contribution is 2.14. The highest BCUT2D eigenvalue weighted by Gasteiger charge is 2.25. The van der Waals surface area contributed by atoms with Gasteiger partial charge in [0.05, 0.1) is 0 Å². The molecule has 0 unspecified atom stereocenters. The molecule has 1 atom stereocenters. The Bertz CT molecular complexity index is 515. The van der Waals surface area contributed by atoms with Gasteiger partial charge in [-0.3, -0.25) is 4.79 Å². The molecule has 2 rings (SSSR count). The molecular formula is C13H13F2NO4. The molecule has 0 bridgehead atoms. The molecule has 1 N–H and O–H groups in total. The van der Waals surface area contributed by atoms with Crippen molar-refractivity contribution >= 4 is 17.6 Å². The number of amides is 1. The van der Waals surface area contributed by atoms with Gasteiger partial charge in [0, 0.05) is 18.4 Å². The number of hydrogen-bond donors (Lipinski definition) is 1. The number of benzene rings is 1. The standard InChI is InChI=1S/C13H13F2NO4/c14-9-4-3-8(6-10(9)15)16-12(17)7-20-13(18)11-2-1-5-19-11/h3-4,6,11H,1-2,5,7H2,(H,16,17)/t11-/m0/s1. The molecule has 1 amide bonds. The Morgan fingerprint density at radius 2 is 2.15 bits per heavy atom. The zero-order valence-corrected chi connectivity index (χ0v) is 10.5. The number of carbonyl (C=O) groups is 2. The third-order valence-corrected chi connectivity index (χ3v) is 2.74. The maximum Gasteiger partial charge on any atom is 0.335 e. The molecule has 0 aromatic heterocycles. The normalized spacial score (nSPS) is 17.8. The van der Waals surface area contributed by atoms with Crippen LogP contribution >= 0.6 is 0 Å². The van der Waals surface area contributed by atoms with Crippen molar-refractivity contribution in [2.45, 2.75) is 18.9 Å². The van der Waals surface area contributed by atoms with Crippen molar-refractivity contribution in [3.05, 3.63) is 29.8 Å². The average molecular weight is 285 g/mol. The number of rotatable bonds is 4. The molecule has 1 heterocycles. The Labute approximate surface area is 113 Å². The summed E-state index contributed by atoms with van der Waals surface area (Å²) in [6, 6.07) is 2.94. The van der Waals surface area contributed by atoms with Crippen molar-refractivity contribution in [3.8, 4) is 0 Å². The van der Waals surface area contributed by atoms with Gasteiger partial charge in [-0.1, -0.05) is 0 Å². The average Bonchev–Trinajstić information content (AvgIpc) is 2.94. The van der Waals surface area contributed by atoms with Crippen LogP contribution in [0.5, 0.6) is 0 Å². The fourth-order valence-corrected chi connectivity index (χ4v) is 1.76. The van der Waals surface area contributed by atoms with Crippen LogP contribution in [0.1, 0.15) is 12.8 Å². The van der Waals surface area contributed by atoms with E-state index in [1.165, 1.54) is 6.07 Å². The van der Waals surface area contributed by atoms with Gasteiger partial charge in [-0.2, -0.15) is 0 Å². The van der Waals surface area contributed by atoms with Crippen molar-refractivity contribution < 1.29 is 27.8 Å². The van der Waals surface area contributed by atoms with Crippen LogP contribution in [0.25, 0.3) is 0 Å². The monoisotopic (exact) mass is 285 g/mol. The minimum atomic E-state index is -1.07. The second-order valence-electron chi connectivity index (χ2n) is 4.29. The SMILES string of the molecule is O=C(COC(=O)[C@@H]1CCCO1)Nc1ccc(F)c(F)c1. The van der Waals surface area contributed by atoms with E-state index in [9.17, 15) is 18.4 Å². The van der Waals surface area contributed by atoms with E-state index in [0.717, 1.165) is 18.6 Å². The van der Waals surface area contributed by atoms with Crippen molar-refractivity contribution in [2.24, 2.45) is 0 Å². The molecule has 20 heavy (non-hydrogen) atoms. The predicted molar refractivity (Wildman–Crippen MR) is 64.9 cm³/mol. The van der Waals surface area contributed by atoms with E-state index in [-0.39, 0.29) is 5.69 Å². The first-order chi connectivity index (χ1) is 9.56. The number of esters is 1. The van der Waals surface area contributed by atoms with Crippen LogP contribution in [0.4, 0.5) is 14.5 Å². The summed E-state index contributed by atoms with van der Waals surface area (Å²) in [6.07, 6.45) is 0.732. The summed E-state index contributed by atoms with van der Waals surface area (Å²) in [5, 5.41) is 2.29. The van der Waals surface area contributed by atoms with E-state index in [0.29, 0.717) is 13.0 Å².